The minimum absolute atomic E-state index is 0. The van der Waals surface area contributed by atoms with E-state index in [1.807, 2.05) is 24.0 Å². The van der Waals surface area contributed by atoms with E-state index in [1.54, 1.807) is 6.20 Å². The molecule has 5 nitrogen and oxygen atoms in total. The molecule has 0 saturated carbocycles. The fraction of sp³-hybridized carbons (Fsp3) is 0.500. The summed E-state index contributed by atoms with van der Waals surface area (Å²) in [4.78, 5) is 10.7. The van der Waals surface area contributed by atoms with Crippen molar-refractivity contribution in [1.29, 1.82) is 0 Å². The number of aryl methyl sites for hydroxylation is 1. The normalized spacial score (nSPS) is 16.3. The first kappa shape index (κ1) is 15.2. The number of morpholine rings is 1. The van der Waals surface area contributed by atoms with Crippen LogP contribution in [0.15, 0.2) is 23.3 Å². The number of aliphatic imine (C=N–C) groups is 1. The molecule has 18 heavy (non-hydrogen) atoms. The molecule has 1 saturated heterocycles. The molecule has 0 amide bonds. The van der Waals surface area contributed by atoms with Crippen LogP contribution in [0.5, 0.6) is 0 Å². The zero-order valence-electron chi connectivity index (χ0n) is 10.5. The molecule has 0 aromatic carbocycles. The lowest BCUT2D eigenvalue weighted by molar-refractivity contribution is 0.0674. The van der Waals surface area contributed by atoms with Crippen molar-refractivity contribution in [2.45, 2.75) is 13.5 Å². The van der Waals surface area contributed by atoms with Crippen LogP contribution < -0.4 is 5.73 Å². The summed E-state index contributed by atoms with van der Waals surface area (Å²) < 4.78 is 5.27. The molecule has 0 aliphatic carbocycles. The molecule has 0 atom stereocenters. The summed E-state index contributed by atoms with van der Waals surface area (Å²) in [5, 5.41) is 0. The quantitative estimate of drug-likeness (QED) is 0.487. The Morgan fingerprint density at radius 3 is 2.89 bits per heavy atom. The SMILES string of the molecule is Cc1cccnc1CN=C(N)N1CCOCC1.I. The lowest BCUT2D eigenvalue weighted by Crippen LogP contribution is -2.44. The summed E-state index contributed by atoms with van der Waals surface area (Å²) in [6.45, 7) is 5.64. The molecule has 1 aromatic heterocycles. The number of pyridine rings is 1. The van der Waals surface area contributed by atoms with Gasteiger partial charge in [-0.15, -0.1) is 24.0 Å². The smallest absolute Gasteiger partial charge is 0.191 e. The Morgan fingerprint density at radius 2 is 2.22 bits per heavy atom. The maximum absolute atomic E-state index is 5.94. The van der Waals surface area contributed by atoms with Crippen molar-refractivity contribution < 1.29 is 4.74 Å². The van der Waals surface area contributed by atoms with Gasteiger partial charge in [0, 0.05) is 19.3 Å². The van der Waals surface area contributed by atoms with Gasteiger partial charge in [0.1, 0.15) is 0 Å². The Balaban J connectivity index is 0.00000162. The van der Waals surface area contributed by atoms with E-state index in [2.05, 4.69) is 9.98 Å². The third-order valence-corrected chi connectivity index (χ3v) is 2.84. The Hall–Kier alpha value is -0.890. The van der Waals surface area contributed by atoms with Crippen molar-refractivity contribution >= 4 is 29.9 Å². The average molecular weight is 362 g/mol. The highest BCUT2D eigenvalue weighted by Crippen LogP contribution is 2.05. The van der Waals surface area contributed by atoms with E-state index in [0.29, 0.717) is 12.5 Å². The zero-order chi connectivity index (χ0) is 12.1. The zero-order valence-corrected chi connectivity index (χ0v) is 12.8. The maximum Gasteiger partial charge on any atom is 0.191 e. The van der Waals surface area contributed by atoms with Crippen LogP contribution >= 0.6 is 24.0 Å². The number of nitrogens with zero attached hydrogens (tertiary/aromatic N) is 3. The first-order chi connectivity index (χ1) is 8.27. The van der Waals surface area contributed by atoms with Crippen molar-refractivity contribution in [2.24, 2.45) is 10.7 Å². The molecule has 1 aliphatic heterocycles. The molecule has 0 spiro atoms. The number of aromatic nitrogens is 1. The maximum atomic E-state index is 5.94. The first-order valence-corrected chi connectivity index (χ1v) is 5.80. The predicted octanol–water partition coefficient (Wildman–Crippen LogP) is 1.15. The lowest BCUT2D eigenvalue weighted by atomic mass is 10.2. The van der Waals surface area contributed by atoms with Crippen LogP contribution in [0.3, 0.4) is 0 Å². The van der Waals surface area contributed by atoms with Crippen molar-refractivity contribution in [1.82, 2.24) is 9.88 Å². The van der Waals surface area contributed by atoms with Crippen LogP contribution in [0.25, 0.3) is 0 Å². The molecular weight excluding hydrogens is 343 g/mol. The number of rotatable bonds is 2. The number of ether oxygens (including phenoxy) is 1. The monoisotopic (exact) mass is 362 g/mol. The molecule has 2 heterocycles. The number of guanidine groups is 1. The predicted molar refractivity (Wildman–Crippen MR) is 82.1 cm³/mol. The molecule has 2 rings (SSSR count). The number of hydrogen-bond acceptors (Lipinski definition) is 3. The van der Waals surface area contributed by atoms with Crippen molar-refractivity contribution in [2.75, 3.05) is 26.3 Å². The highest BCUT2D eigenvalue weighted by molar-refractivity contribution is 14.0. The van der Waals surface area contributed by atoms with Gasteiger partial charge in [-0.05, 0) is 18.6 Å². The third-order valence-electron chi connectivity index (χ3n) is 2.84. The van der Waals surface area contributed by atoms with Gasteiger partial charge in [0.15, 0.2) is 5.96 Å². The Bertz CT molecular complexity index is 405. The summed E-state index contributed by atoms with van der Waals surface area (Å²) in [5.41, 5.74) is 8.06. The molecule has 1 aliphatic rings. The summed E-state index contributed by atoms with van der Waals surface area (Å²) in [6, 6.07) is 3.96. The average Bonchev–Trinajstić information content (AvgIpc) is 2.38. The van der Waals surface area contributed by atoms with Gasteiger partial charge in [-0.2, -0.15) is 0 Å². The molecule has 0 bridgehead atoms. The Morgan fingerprint density at radius 1 is 1.50 bits per heavy atom. The number of halogens is 1. The molecule has 100 valence electrons. The van der Waals surface area contributed by atoms with Crippen LogP contribution in [0.4, 0.5) is 0 Å². The second kappa shape index (κ2) is 7.52. The van der Waals surface area contributed by atoms with E-state index in [0.717, 1.165) is 37.6 Å². The van der Waals surface area contributed by atoms with Gasteiger partial charge in [0.2, 0.25) is 0 Å². The van der Waals surface area contributed by atoms with E-state index in [1.165, 1.54) is 0 Å². The molecule has 1 fully saturated rings. The standard InChI is InChI=1S/C12H18N4O.HI/c1-10-3-2-4-14-11(10)9-15-12(13)16-5-7-17-8-6-16;/h2-4H,5-9H2,1H3,(H2,13,15);1H. The largest absolute Gasteiger partial charge is 0.378 e. The Labute approximate surface area is 124 Å². The van der Waals surface area contributed by atoms with Crippen LogP contribution in [0.1, 0.15) is 11.3 Å². The van der Waals surface area contributed by atoms with E-state index < -0.39 is 0 Å². The fourth-order valence-corrected chi connectivity index (χ4v) is 1.73. The van der Waals surface area contributed by atoms with E-state index in [9.17, 15) is 0 Å². The molecular formula is C12H19IN4O. The van der Waals surface area contributed by atoms with Gasteiger partial charge in [-0.25, -0.2) is 4.99 Å². The second-order valence-electron chi connectivity index (χ2n) is 4.04. The van der Waals surface area contributed by atoms with Gasteiger partial charge in [-0.3, -0.25) is 4.98 Å². The van der Waals surface area contributed by atoms with Gasteiger partial charge >= 0.3 is 0 Å². The summed E-state index contributed by atoms with van der Waals surface area (Å²) in [7, 11) is 0. The van der Waals surface area contributed by atoms with Crippen molar-refractivity contribution in [3.63, 3.8) is 0 Å². The van der Waals surface area contributed by atoms with Crippen molar-refractivity contribution in [3.05, 3.63) is 29.6 Å². The van der Waals surface area contributed by atoms with Crippen LogP contribution in [-0.4, -0.2) is 42.1 Å². The van der Waals surface area contributed by atoms with Gasteiger partial charge in [0.05, 0.1) is 25.5 Å². The fourth-order valence-electron chi connectivity index (χ4n) is 1.73. The summed E-state index contributed by atoms with van der Waals surface area (Å²) in [6.07, 6.45) is 1.78. The van der Waals surface area contributed by atoms with E-state index >= 15 is 0 Å². The van der Waals surface area contributed by atoms with Gasteiger partial charge in [0.25, 0.3) is 0 Å². The van der Waals surface area contributed by atoms with Crippen molar-refractivity contribution in [3.8, 4) is 0 Å². The highest BCUT2D eigenvalue weighted by Gasteiger charge is 2.12. The van der Waals surface area contributed by atoms with E-state index in [4.69, 9.17) is 10.5 Å². The first-order valence-electron chi connectivity index (χ1n) is 5.80. The van der Waals surface area contributed by atoms with E-state index in [-0.39, 0.29) is 24.0 Å². The highest BCUT2D eigenvalue weighted by atomic mass is 127. The van der Waals surface area contributed by atoms with Crippen LogP contribution in [0.2, 0.25) is 0 Å². The number of nitrogens with two attached hydrogens (primary N) is 1. The summed E-state index contributed by atoms with van der Waals surface area (Å²) >= 11 is 0. The van der Waals surface area contributed by atoms with Gasteiger partial charge in [-0.1, -0.05) is 6.07 Å². The Kier molecular flexibility index (Phi) is 6.34. The second-order valence-corrected chi connectivity index (χ2v) is 4.04. The molecule has 2 N–H and O–H groups in total. The lowest BCUT2D eigenvalue weighted by Gasteiger charge is -2.27. The topological polar surface area (TPSA) is 63.7 Å². The molecule has 6 heteroatoms. The van der Waals surface area contributed by atoms with Crippen LogP contribution in [-0.2, 0) is 11.3 Å². The van der Waals surface area contributed by atoms with Crippen LogP contribution in [0, 0.1) is 6.92 Å². The van der Waals surface area contributed by atoms with Gasteiger partial charge < -0.3 is 15.4 Å². The molecule has 0 unspecified atom stereocenters. The summed E-state index contributed by atoms with van der Waals surface area (Å²) in [5.74, 6) is 0.582. The minimum atomic E-state index is 0. The molecule has 1 aromatic rings. The molecule has 0 radical (unpaired) electrons. The third kappa shape index (κ3) is 4.09. The number of hydrogen-bond donors (Lipinski definition) is 1. The minimum Gasteiger partial charge on any atom is -0.378 e.